The van der Waals surface area contributed by atoms with E-state index in [1.54, 1.807) is 0 Å². The molecule has 4 heteroatoms. The molecule has 112 valence electrons. The summed E-state index contributed by atoms with van der Waals surface area (Å²) in [4.78, 5) is 16.7. The summed E-state index contributed by atoms with van der Waals surface area (Å²) in [6.07, 6.45) is 3.26. The van der Waals surface area contributed by atoms with E-state index >= 15 is 0 Å². The van der Waals surface area contributed by atoms with Gasteiger partial charge in [0.2, 0.25) is 5.91 Å². The van der Waals surface area contributed by atoms with E-state index in [1.165, 1.54) is 6.42 Å². The maximum Gasteiger partial charge on any atom is 0.240 e. The minimum Gasteiger partial charge on any atom is -0.339 e. The number of likely N-dealkylation sites (N-methyl/N-ethyl adjacent to an activating group) is 1. The van der Waals surface area contributed by atoms with Gasteiger partial charge in [-0.2, -0.15) is 0 Å². The van der Waals surface area contributed by atoms with Crippen LogP contribution >= 0.6 is 0 Å². The molecular weight excluding hydrogens is 238 g/mol. The van der Waals surface area contributed by atoms with E-state index in [4.69, 9.17) is 0 Å². The van der Waals surface area contributed by atoms with E-state index in [2.05, 4.69) is 42.8 Å². The van der Waals surface area contributed by atoms with Crippen molar-refractivity contribution in [2.45, 2.75) is 59.0 Å². The van der Waals surface area contributed by atoms with Crippen LogP contribution in [0.5, 0.6) is 0 Å². The molecule has 1 saturated heterocycles. The Kier molecular flexibility index (Phi) is 7.39. The van der Waals surface area contributed by atoms with Crippen LogP contribution < -0.4 is 5.32 Å². The van der Waals surface area contributed by atoms with Crippen LogP contribution in [0.25, 0.3) is 0 Å². The molecule has 1 N–H and O–H groups in total. The zero-order chi connectivity index (χ0) is 14.3. The Labute approximate surface area is 118 Å². The van der Waals surface area contributed by atoms with Crippen LogP contribution in [-0.2, 0) is 4.79 Å². The normalized spacial score (nSPS) is 21.4. The summed E-state index contributed by atoms with van der Waals surface area (Å²) in [5.41, 5.74) is 0. The second-order valence-corrected chi connectivity index (χ2v) is 5.45. The quantitative estimate of drug-likeness (QED) is 0.692. The molecule has 1 aliphatic heterocycles. The standard InChI is InChI=1S/C15H31N3O/c1-5-16-14-10-12-18(15(14)19)13(4)9-8-11-17(6-2)7-3/h13-14,16H,5-12H2,1-4H3. The second kappa shape index (κ2) is 8.54. The van der Waals surface area contributed by atoms with E-state index in [9.17, 15) is 4.79 Å². The summed E-state index contributed by atoms with van der Waals surface area (Å²) in [5.74, 6) is 0.303. The Bertz CT molecular complexity index is 266. The predicted octanol–water partition coefficient (Wildman–Crippen LogP) is 1.71. The minimum atomic E-state index is 0.0650. The maximum absolute atomic E-state index is 12.2. The Morgan fingerprint density at radius 3 is 2.63 bits per heavy atom. The number of carbonyl (C=O) groups excluding carboxylic acids is 1. The highest BCUT2D eigenvalue weighted by Gasteiger charge is 2.33. The number of amides is 1. The first-order chi connectivity index (χ1) is 9.13. The van der Waals surface area contributed by atoms with Crippen molar-refractivity contribution >= 4 is 5.91 Å². The fraction of sp³-hybridized carbons (Fsp3) is 0.933. The van der Waals surface area contributed by atoms with Crippen LogP contribution in [-0.4, -0.2) is 60.5 Å². The Morgan fingerprint density at radius 1 is 1.37 bits per heavy atom. The number of carbonyl (C=O) groups is 1. The summed E-state index contributed by atoms with van der Waals surface area (Å²) >= 11 is 0. The van der Waals surface area contributed by atoms with Gasteiger partial charge < -0.3 is 15.1 Å². The maximum atomic E-state index is 12.2. The summed E-state index contributed by atoms with van der Waals surface area (Å²) in [6, 6.07) is 0.446. The molecular formula is C15H31N3O. The van der Waals surface area contributed by atoms with Gasteiger partial charge in [-0.15, -0.1) is 0 Å². The summed E-state index contributed by atoms with van der Waals surface area (Å²) < 4.78 is 0. The molecule has 0 radical (unpaired) electrons. The number of likely N-dealkylation sites (tertiary alicyclic amines) is 1. The van der Waals surface area contributed by atoms with Crippen molar-refractivity contribution in [3.8, 4) is 0 Å². The Morgan fingerprint density at radius 2 is 2.05 bits per heavy atom. The zero-order valence-corrected chi connectivity index (χ0v) is 13.1. The average molecular weight is 269 g/mol. The van der Waals surface area contributed by atoms with Gasteiger partial charge in [0.15, 0.2) is 0 Å². The first-order valence-electron chi connectivity index (χ1n) is 7.90. The van der Waals surface area contributed by atoms with Crippen LogP contribution in [0.2, 0.25) is 0 Å². The molecule has 19 heavy (non-hydrogen) atoms. The minimum absolute atomic E-state index is 0.0650. The highest BCUT2D eigenvalue weighted by atomic mass is 16.2. The number of nitrogens with zero attached hydrogens (tertiary/aromatic N) is 2. The molecule has 1 aliphatic rings. The number of hydrogen-bond acceptors (Lipinski definition) is 3. The van der Waals surface area contributed by atoms with Crippen LogP contribution in [0, 0.1) is 0 Å². The van der Waals surface area contributed by atoms with Gasteiger partial charge in [-0.1, -0.05) is 20.8 Å². The third-order valence-electron chi connectivity index (χ3n) is 4.21. The second-order valence-electron chi connectivity index (χ2n) is 5.45. The third-order valence-corrected chi connectivity index (χ3v) is 4.21. The molecule has 0 aromatic carbocycles. The molecule has 1 fully saturated rings. The molecule has 0 aliphatic carbocycles. The molecule has 1 amide bonds. The van der Waals surface area contributed by atoms with Crippen molar-refractivity contribution in [3.63, 3.8) is 0 Å². The third kappa shape index (κ3) is 4.77. The van der Waals surface area contributed by atoms with Gasteiger partial charge in [0, 0.05) is 12.6 Å². The fourth-order valence-electron chi connectivity index (χ4n) is 2.88. The predicted molar refractivity (Wildman–Crippen MR) is 80.3 cm³/mol. The number of nitrogens with one attached hydrogen (secondary N) is 1. The van der Waals surface area contributed by atoms with Gasteiger partial charge in [-0.25, -0.2) is 0 Å². The lowest BCUT2D eigenvalue weighted by atomic mass is 10.1. The Hall–Kier alpha value is -0.610. The smallest absolute Gasteiger partial charge is 0.240 e. The van der Waals surface area contributed by atoms with Gasteiger partial charge >= 0.3 is 0 Å². The SMILES string of the molecule is CCNC1CCN(C(C)CCCN(CC)CC)C1=O. The molecule has 2 unspecified atom stereocenters. The van der Waals surface area contributed by atoms with E-state index in [-0.39, 0.29) is 6.04 Å². The van der Waals surface area contributed by atoms with E-state index in [0.717, 1.165) is 45.6 Å². The van der Waals surface area contributed by atoms with Crippen LogP contribution in [0.4, 0.5) is 0 Å². The zero-order valence-electron chi connectivity index (χ0n) is 13.1. The van der Waals surface area contributed by atoms with E-state index < -0.39 is 0 Å². The van der Waals surface area contributed by atoms with Gasteiger partial charge in [0.05, 0.1) is 6.04 Å². The van der Waals surface area contributed by atoms with Gasteiger partial charge in [0.1, 0.15) is 0 Å². The average Bonchev–Trinajstić information content (AvgIpc) is 2.77. The van der Waals surface area contributed by atoms with E-state index in [0.29, 0.717) is 11.9 Å². The van der Waals surface area contributed by atoms with Crippen molar-refractivity contribution in [1.29, 1.82) is 0 Å². The molecule has 1 rings (SSSR count). The van der Waals surface area contributed by atoms with Crippen LogP contribution in [0.15, 0.2) is 0 Å². The first kappa shape index (κ1) is 16.4. The molecule has 0 saturated carbocycles. The van der Waals surface area contributed by atoms with Crippen molar-refractivity contribution in [3.05, 3.63) is 0 Å². The number of rotatable bonds is 9. The lowest BCUT2D eigenvalue weighted by Gasteiger charge is -2.26. The topological polar surface area (TPSA) is 35.6 Å². The number of hydrogen-bond donors (Lipinski definition) is 1. The van der Waals surface area contributed by atoms with Gasteiger partial charge in [-0.3, -0.25) is 4.79 Å². The largest absolute Gasteiger partial charge is 0.339 e. The van der Waals surface area contributed by atoms with Crippen LogP contribution in [0.3, 0.4) is 0 Å². The molecule has 0 aromatic heterocycles. The summed E-state index contributed by atoms with van der Waals surface area (Å²) in [5, 5.41) is 3.27. The van der Waals surface area contributed by atoms with Gasteiger partial charge in [-0.05, 0) is 52.4 Å². The molecule has 0 bridgehead atoms. The van der Waals surface area contributed by atoms with Crippen molar-refractivity contribution in [1.82, 2.24) is 15.1 Å². The fourth-order valence-corrected chi connectivity index (χ4v) is 2.88. The Balaban J connectivity index is 2.30. The van der Waals surface area contributed by atoms with E-state index in [1.807, 2.05) is 0 Å². The van der Waals surface area contributed by atoms with Crippen molar-refractivity contribution in [2.24, 2.45) is 0 Å². The van der Waals surface area contributed by atoms with Crippen LogP contribution in [0.1, 0.15) is 47.0 Å². The molecule has 0 aromatic rings. The monoisotopic (exact) mass is 269 g/mol. The van der Waals surface area contributed by atoms with Gasteiger partial charge in [0.25, 0.3) is 0 Å². The molecule has 2 atom stereocenters. The summed E-state index contributed by atoms with van der Waals surface area (Å²) in [6.45, 7) is 13.8. The van der Waals surface area contributed by atoms with Crippen molar-refractivity contribution < 1.29 is 4.79 Å². The molecule has 1 heterocycles. The summed E-state index contributed by atoms with van der Waals surface area (Å²) in [7, 11) is 0. The first-order valence-corrected chi connectivity index (χ1v) is 7.90. The molecule has 0 spiro atoms. The highest BCUT2D eigenvalue weighted by molar-refractivity contribution is 5.84. The molecule has 4 nitrogen and oxygen atoms in total. The van der Waals surface area contributed by atoms with Crippen molar-refractivity contribution in [2.75, 3.05) is 32.7 Å². The highest BCUT2D eigenvalue weighted by Crippen LogP contribution is 2.17. The lowest BCUT2D eigenvalue weighted by Crippen LogP contribution is -2.42. The lowest BCUT2D eigenvalue weighted by molar-refractivity contribution is -0.131.